The Kier molecular flexibility index (Phi) is 3.18. The maximum atomic E-state index is 13.5. The molecule has 0 spiro atoms. The molecule has 1 saturated heterocycles. The van der Waals surface area contributed by atoms with Crippen LogP contribution in [0.25, 0.3) is 11.3 Å². The normalized spacial score (nSPS) is 19.3. The van der Waals surface area contributed by atoms with Gasteiger partial charge in [0.2, 0.25) is 0 Å². The molecule has 0 aliphatic carbocycles. The lowest BCUT2D eigenvalue weighted by Crippen LogP contribution is -2.14. The average Bonchev–Trinajstić information content (AvgIpc) is 3.01. The first-order chi connectivity index (χ1) is 8.74. The zero-order valence-corrected chi connectivity index (χ0v) is 11.3. The van der Waals surface area contributed by atoms with Crippen LogP contribution in [0.15, 0.2) is 28.9 Å². The maximum Gasteiger partial charge on any atom is 0.138 e. The van der Waals surface area contributed by atoms with Gasteiger partial charge in [0.05, 0.1) is 16.2 Å². The number of nitrogens with one attached hydrogen (secondary N) is 2. The number of nitrogens with zero attached hydrogens (tertiary/aromatic N) is 1. The number of benzene rings is 1. The van der Waals surface area contributed by atoms with Crippen LogP contribution in [0.2, 0.25) is 0 Å². The molecule has 1 aliphatic heterocycles. The lowest BCUT2D eigenvalue weighted by molar-refractivity contribution is 0.612. The molecule has 0 saturated carbocycles. The standard InChI is InChI=1S/C13H13BrFN3/c14-9-4-3-8(6-10(9)15)12-7-17-13(18-12)11-2-1-5-16-11/h3-4,6-7,11,16H,1-2,5H2,(H,17,18). The van der Waals surface area contributed by atoms with Crippen molar-refractivity contribution in [2.24, 2.45) is 0 Å². The maximum absolute atomic E-state index is 13.5. The molecule has 0 amide bonds. The van der Waals surface area contributed by atoms with Crippen LogP contribution in [0.5, 0.6) is 0 Å². The summed E-state index contributed by atoms with van der Waals surface area (Å²) < 4.78 is 13.9. The zero-order valence-electron chi connectivity index (χ0n) is 9.71. The predicted octanol–water partition coefficient (Wildman–Crippen LogP) is 3.40. The van der Waals surface area contributed by atoms with E-state index in [4.69, 9.17) is 0 Å². The van der Waals surface area contributed by atoms with Crippen molar-refractivity contribution in [2.75, 3.05) is 6.54 Å². The Morgan fingerprint density at radius 2 is 2.28 bits per heavy atom. The number of H-pyrrole nitrogens is 1. The molecule has 3 rings (SSSR count). The third-order valence-electron chi connectivity index (χ3n) is 3.20. The molecule has 1 unspecified atom stereocenters. The van der Waals surface area contributed by atoms with E-state index in [1.807, 2.05) is 12.3 Å². The quantitative estimate of drug-likeness (QED) is 0.892. The number of rotatable bonds is 2. The van der Waals surface area contributed by atoms with E-state index in [0.717, 1.165) is 30.0 Å². The molecule has 94 valence electrons. The zero-order chi connectivity index (χ0) is 12.5. The van der Waals surface area contributed by atoms with Gasteiger partial charge in [-0.2, -0.15) is 0 Å². The molecule has 2 aromatic rings. The number of hydrogen-bond donors (Lipinski definition) is 2. The molecular formula is C13H13BrFN3. The topological polar surface area (TPSA) is 40.7 Å². The van der Waals surface area contributed by atoms with Crippen LogP contribution in [0.4, 0.5) is 4.39 Å². The van der Waals surface area contributed by atoms with E-state index in [1.165, 1.54) is 12.5 Å². The van der Waals surface area contributed by atoms with Crippen LogP contribution in [0, 0.1) is 5.82 Å². The Bertz CT molecular complexity index is 561. The Labute approximate surface area is 113 Å². The van der Waals surface area contributed by atoms with E-state index in [0.29, 0.717) is 10.5 Å². The second-order valence-electron chi connectivity index (χ2n) is 4.45. The van der Waals surface area contributed by atoms with Gasteiger partial charge in [-0.05, 0) is 47.4 Å². The van der Waals surface area contributed by atoms with Crippen molar-refractivity contribution >= 4 is 15.9 Å². The summed E-state index contributed by atoms with van der Waals surface area (Å²) in [6, 6.07) is 5.35. The van der Waals surface area contributed by atoms with Crippen LogP contribution < -0.4 is 5.32 Å². The van der Waals surface area contributed by atoms with Crippen molar-refractivity contribution in [3.8, 4) is 11.3 Å². The minimum Gasteiger partial charge on any atom is -0.347 e. The fourth-order valence-corrected chi connectivity index (χ4v) is 2.48. The Balaban J connectivity index is 1.89. The van der Waals surface area contributed by atoms with E-state index < -0.39 is 0 Å². The van der Waals surface area contributed by atoms with Crippen LogP contribution in [-0.2, 0) is 0 Å². The van der Waals surface area contributed by atoms with Gasteiger partial charge in [-0.25, -0.2) is 9.37 Å². The number of halogens is 2. The van der Waals surface area contributed by atoms with Gasteiger partial charge in [0.15, 0.2) is 0 Å². The molecule has 0 bridgehead atoms. The van der Waals surface area contributed by atoms with Crippen molar-refractivity contribution in [1.82, 2.24) is 15.3 Å². The first-order valence-electron chi connectivity index (χ1n) is 5.98. The smallest absolute Gasteiger partial charge is 0.138 e. The van der Waals surface area contributed by atoms with Crippen molar-refractivity contribution in [1.29, 1.82) is 0 Å². The number of aromatic amines is 1. The molecular weight excluding hydrogens is 297 g/mol. The molecule has 1 fully saturated rings. The van der Waals surface area contributed by atoms with Crippen LogP contribution >= 0.6 is 15.9 Å². The van der Waals surface area contributed by atoms with Gasteiger partial charge in [-0.1, -0.05) is 6.07 Å². The highest BCUT2D eigenvalue weighted by molar-refractivity contribution is 9.10. The van der Waals surface area contributed by atoms with E-state index in [9.17, 15) is 4.39 Å². The lowest BCUT2D eigenvalue weighted by Gasteiger charge is -2.05. The van der Waals surface area contributed by atoms with E-state index >= 15 is 0 Å². The second kappa shape index (κ2) is 4.82. The highest BCUT2D eigenvalue weighted by Crippen LogP contribution is 2.26. The van der Waals surface area contributed by atoms with Gasteiger partial charge in [-0.15, -0.1) is 0 Å². The van der Waals surface area contributed by atoms with E-state index in [2.05, 4.69) is 31.2 Å². The Morgan fingerprint density at radius 1 is 1.39 bits per heavy atom. The molecule has 2 N–H and O–H groups in total. The number of hydrogen-bond acceptors (Lipinski definition) is 2. The largest absolute Gasteiger partial charge is 0.347 e. The van der Waals surface area contributed by atoms with Gasteiger partial charge in [-0.3, -0.25) is 0 Å². The molecule has 0 radical (unpaired) electrons. The highest BCUT2D eigenvalue weighted by atomic mass is 79.9. The molecule has 2 heterocycles. The summed E-state index contributed by atoms with van der Waals surface area (Å²) in [5.41, 5.74) is 1.57. The van der Waals surface area contributed by atoms with Crippen molar-refractivity contribution in [3.05, 3.63) is 40.5 Å². The summed E-state index contributed by atoms with van der Waals surface area (Å²) >= 11 is 3.15. The third-order valence-corrected chi connectivity index (χ3v) is 3.85. The predicted molar refractivity (Wildman–Crippen MR) is 71.7 cm³/mol. The summed E-state index contributed by atoms with van der Waals surface area (Å²) in [5, 5.41) is 3.38. The third kappa shape index (κ3) is 2.20. The first-order valence-corrected chi connectivity index (χ1v) is 6.77. The Morgan fingerprint density at radius 3 is 3.00 bits per heavy atom. The van der Waals surface area contributed by atoms with Gasteiger partial charge in [0, 0.05) is 11.8 Å². The molecule has 3 nitrogen and oxygen atoms in total. The van der Waals surface area contributed by atoms with Crippen molar-refractivity contribution in [3.63, 3.8) is 0 Å². The first kappa shape index (κ1) is 11.9. The lowest BCUT2D eigenvalue weighted by atomic mass is 10.2. The van der Waals surface area contributed by atoms with Crippen LogP contribution in [0.1, 0.15) is 24.7 Å². The number of aromatic nitrogens is 2. The summed E-state index contributed by atoms with van der Waals surface area (Å²) in [5.74, 6) is 0.668. The van der Waals surface area contributed by atoms with Gasteiger partial charge in [0.1, 0.15) is 11.6 Å². The average molecular weight is 310 g/mol. The molecule has 1 aromatic carbocycles. The Hall–Kier alpha value is -1.20. The molecule has 18 heavy (non-hydrogen) atoms. The van der Waals surface area contributed by atoms with Gasteiger partial charge >= 0.3 is 0 Å². The minimum atomic E-state index is -0.268. The summed E-state index contributed by atoms with van der Waals surface area (Å²) in [4.78, 5) is 7.71. The van der Waals surface area contributed by atoms with Crippen LogP contribution in [0.3, 0.4) is 0 Å². The molecule has 1 aliphatic rings. The fourth-order valence-electron chi connectivity index (χ4n) is 2.24. The monoisotopic (exact) mass is 309 g/mol. The summed E-state index contributed by atoms with van der Waals surface area (Å²) in [6.07, 6.45) is 4.10. The second-order valence-corrected chi connectivity index (χ2v) is 5.30. The van der Waals surface area contributed by atoms with Crippen molar-refractivity contribution in [2.45, 2.75) is 18.9 Å². The number of imidazole rings is 1. The molecule has 1 aromatic heterocycles. The molecule has 1 atom stereocenters. The fraction of sp³-hybridized carbons (Fsp3) is 0.308. The SMILES string of the molecule is Fc1cc(-c2c[nH]c(C3CCCN3)n2)ccc1Br. The van der Waals surface area contributed by atoms with Gasteiger partial charge in [0.25, 0.3) is 0 Å². The highest BCUT2D eigenvalue weighted by Gasteiger charge is 2.19. The summed E-state index contributed by atoms with van der Waals surface area (Å²) in [7, 11) is 0. The minimum absolute atomic E-state index is 0.268. The van der Waals surface area contributed by atoms with Gasteiger partial charge < -0.3 is 10.3 Å². The van der Waals surface area contributed by atoms with Crippen LogP contribution in [-0.4, -0.2) is 16.5 Å². The molecule has 5 heteroatoms. The van der Waals surface area contributed by atoms with E-state index in [1.54, 1.807) is 6.07 Å². The summed E-state index contributed by atoms with van der Waals surface area (Å²) in [6.45, 7) is 1.04. The van der Waals surface area contributed by atoms with E-state index in [-0.39, 0.29) is 5.82 Å². The van der Waals surface area contributed by atoms with Crippen molar-refractivity contribution < 1.29 is 4.39 Å².